The number of hydrogen-bond acceptors (Lipinski definition) is 4. The summed E-state index contributed by atoms with van der Waals surface area (Å²) in [7, 11) is -4.94. The standard InChI is InChI=1S/C13H22N.ClHO4/c1-4-14(5-2,6-3)12-13-10-8-7-9-11-13;2-1(3,4)5/h7-11H,4-6,12H2,1-3H3;(H,2,3,4,5)/q+1;/p-1. The van der Waals surface area contributed by atoms with E-state index < -0.39 is 10.2 Å². The van der Waals surface area contributed by atoms with E-state index in [0.717, 1.165) is 0 Å². The van der Waals surface area contributed by atoms with E-state index in [1.807, 2.05) is 0 Å². The third-order valence-electron chi connectivity index (χ3n) is 3.37. The van der Waals surface area contributed by atoms with E-state index in [-0.39, 0.29) is 0 Å². The summed E-state index contributed by atoms with van der Waals surface area (Å²) in [4.78, 5) is 0. The lowest BCUT2D eigenvalue weighted by Crippen LogP contribution is -2.68. The molecule has 0 aromatic heterocycles. The van der Waals surface area contributed by atoms with E-state index in [0.29, 0.717) is 0 Å². The molecule has 5 nitrogen and oxygen atoms in total. The van der Waals surface area contributed by atoms with Crippen LogP contribution in [-0.4, -0.2) is 24.1 Å². The van der Waals surface area contributed by atoms with Gasteiger partial charge in [-0.05, 0) is 20.8 Å². The summed E-state index contributed by atoms with van der Waals surface area (Å²) in [6, 6.07) is 10.8. The minimum absolute atomic E-state index is 1.17. The molecule has 110 valence electrons. The highest BCUT2D eigenvalue weighted by Gasteiger charge is 2.20. The monoisotopic (exact) mass is 291 g/mol. The number of hydrogen-bond donors (Lipinski definition) is 0. The molecule has 0 aliphatic heterocycles. The first-order valence-corrected chi connectivity index (χ1v) is 7.50. The van der Waals surface area contributed by atoms with Gasteiger partial charge in [0.2, 0.25) is 0 Å². The number of benzene rings is 1. The first kappa shape index (κ1) is 18.3. The summed E-state index contributed by atoms with van der Waals surface area (Å²) in [5, 5.41) is 0. The maximum Gasteiger partial charge on any atom is 0.104 e. The fraction of sp³-hybridized carbons (Fsp3) is 0.538. The van der Waals surface area contributed by atoms with Crippen LogP contribution in [0.3, 0.4) is 0 Å². The van der Waals surface area contributed by atoms with Gasteiger partial charge < -0.3 is 4.48 Å². The number of halogens is 1. The molecular weight excluding hydrogens is 270 g/mol. The molecule has 0 spiro atoms. The molecule has 0 saturated carbocycles. The zero-order valence-electron chi connectivity index (χ0n) is 11.7. The molecule has 0 fully saturated rings. The lowest BCUT2D eigenvalue weighted by atomic mass is 10.2. The van der Waals surface area contributed by atoms with E-state index in [1.54, 1.807) is 0 Å². The van der Waals surface area contributed by atoms with Crippen molar-refractivity contribution in [3.05, 3.63) is 35.9 Å². The Bertz CT molecular complexity index is 322. The van der Waals surface area contributed by atoms with E-state index >= 15 is 0 Å². The Morgan fingerprint density at radius 3 is 1.53 bits per heavy atom. The molecule has 1 aromatic rings. The topological polar surface area (TPSA) is 92.2 Å². The van der Waals surface area contributed by atoms with Crippen LogP contribution >= 0.6 is 0 Å². The van der Waals surface area contributed by atoms with Crippen LogP contribution < -0.4 is 18.6 Å². The number of nitrogens with zero attached hydrogens (tertiary/aromatic N) is 1. The minimum atomic E-state index is -4.94. The highest BCUT2D eigenvalue weighted by molar-refractivity contribution is 5.13. The molecular formula is C13H22ClNO4. The van der Waals surface area contributed by atoms with E-state index in [4.69, 9.17) is 18.6 Å². The molecule has 0 radical (unpaired) electrons. The highest BCUT2D eigenvalue weighted by atomic mass is 35.7. The molecule has 0 atom stereocenters. The SMILES string of the molecule is CC[N+](CC)(CC)Cc1ccccc1.[O-][Cl+3]([O-])([O-])[O-]. The maximum absolute atomic E-state index is 8.49. The fourth-order valence-electron chi connectivity index (χ4n) is 1.98. The minimum Gasteiger partial charge on any atom is -0.321 e. The van der Waals surface area contributed by atoms with Crippen LogP contribution in [0.5, 0.6) is 0 Å². The molecule has 1 rings (SSSR count). The fourth-order valence-corrected chi connectivity index (χ4v) is 1.98. The molecule has 0 unspecified atom stereocenters. The van der Waals surface area contributed by atoms with Crippen molar-refractivity contribution in [1.82, 2.24) is 0 Å². The van der Waals surface area contributed by atoms with Gasteiger partial charge in [0.15, 0.2) is 0 Å². The first-order chi connectivity index (χ1) is 8.76. The van der Waals surface area contributed by atoms with E-state index in [9.17, 15) is 0 Å². The van der Waals surface area contributed by atoms with Crippen LogP contribution in [0.15, 0.2) is 30.3 Å². The Kier molecular flexibility index (Phi) is 8.17. The van der Waals surface area contributed by atoms with Gasteiger partial charge in [-0.3, -0.25) is 0 Å². The summed E-state index contributed by atoms with van der Waals surface area (Å²) >= 11 is 0. The molecule has 0 heterocycles. The molecule has 0 N–H and O–H groups in total. The van der Waals surface area contributed by atoms with Crippen molar-refractivity contribution < 1.29 is 33.4 Å². The van der Waals surface area contributed by atoms with Crippen LogP contribution in [0.4, 0.5) is 0 Å². The molecule has 0 bridgehead atoms. The Labute approximate surface area is 117 Å². The molecule has 19 heavy (non-hydrogen) atoms. The van der Waals surface area contributed by atoms with Crippen molar-refractivity contribution in [2.24, 2.45) is 0 Å². The van der Waals surface area contributed by atoms with Crippen molar-refractivity contribution in [1.29, 1.82) is 0 Å². The molecule has 0 saturated heterocycles. The van der Waals surface area contributed by atoms with Crippen LogP contribution in [0.2, 0.25) is 0 Å². The van der Waals surface area contributed by atoms with Crippen LogP contribution in [0, 0.1) is 10.2 Å². The van der Waals surface area contributed by atoms with Gasteiger partial charge in [-0.15, -0.1) is 10.2 Å². The second kappa shape index (κ2) is 8.47. The summed E-state index contributed by atoms with van der Waals surface area (Å²) in [5.74, 6) is 0. The van der Waals surface area contributed by atoms with Crippen molar-refractivity contribution in [2.75, 3.05) is 19.6 Å². The Morgan fingerprint density at radius 2 is 1.21 bits per heavy atom. The van der Waals surface area contributed by atoms with E-state index in [2.05, 4.69) is 51.1 Å². The van der Waals surface area contributed by atoms with Gasteiger partial charge in [0.05, 0.1) is 19.6 Å². The predicted molar refractivity (Wildman–Crippen MR) is 62.0 cm³/mol. The largest absolute Gasteiger partial charge is 0.321 e. The summed E-state index contributed by atoms with van der Waals surface area (Å²) < 4.78 is 35.2. The molecule has 1 aromatic carbocycles. The van der Waals surface area contributed by atoms with Gasteiger partial charge in [0.1, 0.15) is 6.54 Å². The lowest BCUT2D eigenvalue weighted by Gasteiger charge is -2.35. The maximum atomic E-state index is 8.49. The zero-order valence-corrected chi connectivity index (χ0v) is 12.4. The van der Waals surface area contributed by atoms with Gasteiger partial charge >= 0.3 is 0 Å². The summed E-state index contributed by atoms with van der Waals surface area (Å²) in [5.41, 5.74) is 1.46. The molecule has 0 aliphatic carbocycles. The zero-order chi connectivity index (χ0) is 14.9. The van der Waals surface area contributed by atoms with Crippen molar-refractivity contribution >= 4 is 0 Å². The molecule has 6 heteroatoms. The first-order valence-electron chi connectivity index (χ1n) is 6.27. The van der Waals surface area contributed by atoms with Crippen molar-refractivity contribution in [3.63, 3.8) is 0 Å². The van der Waals surface area contributed by atoms with Crippen LogP contribution in [0.25, 0.3) is 0 Å². The Morgan fingerprint density at radius 1 is 0.842 bits per heavy atom. The van der Waals surface area contributed by atoms with Crippen molar-refractivity contribution in [2.45, 2.75) is 27.3 Å². The lowest BCUT2D eigenvalue weighted by molar-refractivity contribution is -2.00. The van der Waals surface area contributed by atoms with Gasteiger partial charge in [0.25, 0.3) is 0 Å². The molecule has 0 aliphatic rings. The average molecular weight is 292 g/mol. The van der Waals surface area contributed by atoms with Crippen molar-refractivity contribution in [3.8, 4) is 0 Å². The van der Waals surface area contributed by atoms with Crippen LogP contribution in [0.1, 0.15) is 26.3 Å². The van der Waals surface area contributed by atoms with Gasteiger partial charge in [-0.25, -0.2) is 18.6 Å². The Balaban J connectivity index is 0.000000555. The second-order valence-corrected chi connectivity index (χ2v) is 5.07. The predicted octanol–water partition coefficient (Wildman–Crippen LogP) is -1.69. The summed E-state index contributed by atoms with van der Waals surface area (Å²) in [6.07, 6.45) is 0. The van der Waals surface area contributed by atoms with Gasteiger partial charge in [-0.1, -0.05) is 30.3 Å². The smallest absolute Gasteiger partial charge is 0.104 e. The second-order valence-electron chi connectivity index (χ2n) is 4.31. The highest BCUT2D eigenvalue weighted by Crippen LogP contribution is 2.13. The number of quaternary nitrogens is 1. The molecule has 0 amide bonds. The van der Waals surface area contributed by atoms with Crippen LogP contribution in [-0.2, 0) is 6.54 Å². The average Bonchev–Trinajstić information content (AvgIpc) is 2.35. The van der Waals surface area contributed by atoms with Gasteiger partial charge in [-0.2, -0.15) is 0 Å². The number of rotatable bonds is 5. The normalized spacial score (nSPS) is 11.7. The third-order valence-corrected chi connectivity index (χ3v) is 3.37. The van der Waals surface area contributed by atoms with Gasteiger partial charge in [0, 0.05) is 5.56 Å². The summed E-state index contributed by atoms with van der Waals surface area (Å²) in [6.45, 7) is 11.7. The third kappa shape index (κ3) is 8.93. The quantitative estimate of drug-likeness (QED) is 0.605. The Hall–Kier alpha value is -0.690. The van der Waals surface area contributed by atoms with E-state index in [1.165, 1.54) is 36.2 Å².